The molecule has 0 spiro atoms. The number of hydrogen-bond acceptors (Lipinski definition) is 6. The zero-order valence-electron chi connectivity index (χ0n) is 18.4. The van der Waals surface area contributed by atoms with Crippen LogP contribution < -0.4 is 4.31 Å². The van der Waals surface area contributed by atoms with E-state index >= 15 is 0 Å². The normalized spacial score (nSPS) is 17.4. The van der Waals surface area contributed by atoms with E-state index in [2.05, 4.69) is 0 Å². The fraction of sp³-hybridized carbons (Fsp3) is 0.409. The summed E-state index contributed by atoms with van der Waals surface area (Å²) in [6.45, 7) is 1.81. The van der Waals surface area contributed by atoms with Gasteiger partial charge in [0.15, 0.2) is 0 Å². The van der Waals surface area contributed by atoms with Gasteiger partial charge in [-0.3, -0.25) is 9.10 Å². The van der Waals surface area contributed by atoms with Crippen molar-refractivity contribution in [1.82, 2.24) is 9.21 Å². The third-order valence-electron chi connectivity index (χ3n) is 5.90. The topological polar surface area (TPSA) is 104 Å². The van der Waals surface area contributed by atoms with Crippen LogP contribution >= 0.6 is 0 Å². The molecule has 11 heteroatoms. The highest BCUT2D eigenvalue weighted by Crippen LogP contribution is 2.24. The van der Waals surface area contributed by atoms with Gasteiger partial charge in [0.05, 0.1) is 30.1 Å². The zero-order chi connectivity index (χ0) is 23.6. The zero-order valence-corrected chi connectivity index (χ0v) is 20.0. The Kier molecular flexibility index (Phi) is 6.76. The smallest absolute Gasteiger partial charge is 0.243 e. The van der Waals surface area contributed by atoms with Crippen LogP contribution in [0.4, 0.5) is 5.69 Å². The lowest BCUT2D eigenvalue weighted by molar-refractivity contribution is -0.130. The largest absolute Gasteiger partial charge is 0.379 e. The summed E-state index contributed by atoms with van der Waals surface area (Å²) in [6, 6.07) is 13.5. The third kappa shape index (κ3) is 5.21. The van der Waals surface area contributed by atoms with Crippen LogP contribution in [0.1, 0.15) is 11.1 Å². The molecule has 178 valence electrons. The van der Waals surface area contributed by atoms with Crippen LogP contribution in [0, 0.1) is 0 Å². The van der Waals surface area contributed by atoms with Crippen molar-refractivity contribution in [3.05, 3.63) is 59.7 Å². The van der Waals surface area contributed by atoms with E-state index in [-0.39, 0.29) is 36.1 Å². The Bertz CT molecular complexity index is 1220. The van der Waals surface area contributed by atoms with E-state index in [1.54, 1.807) is 4.90 Å². The second-order valence-corrected chi connectivity index (χ2v) is 12.0. The summed E-state index contributed by atoms with van der Waals surface area (Å²) < 4.78 is 58.2. The molecule has 9 nitrogen and oxygen atoms in total. The average molecular weight is 494 g/mol. The van der Waals surface area contributed by atoms with Gasteiger partial charge in [0.2, 0.25) is 26.0 Å². The van der Waals surface area contributed by atoms with Gasteiger partial charge in [-0.25, -0.2) is 16.8 Å². The highest BCUT2D eigenvalue weighted by molar-refractivity contribution is 7.92. The number of anilines is 1. The molecule has 1 amide bonds. The summed E-state index contributed by atoms with van der Waals surface area (Å²) >= 11 is 0. The Balaban J connectivity index is 1.52. The van der Waals surface area contributed by atoms with E-state index in [9.17, 15) is 21.6 Å². The molecule has 0 N–H and O–H groups in total. The van der Waals surface area contributed by atoms with Crippen molar-refractivity contribution < 1.29 is 26.4 Å². The molecule has 0 aromatic heterocycles. The maximum atomic E-state index is 13.0. The van der Waals surface area contributed by atoms with E-state index in [0.29, 0.717) is 26.3 Å². The van der Waals surface area contributed by atoms with Gasteiger partial charge in [-0.15, -0.1) is 0 Å². The number of nitrogens with zero attached hydrogens (tertiary/aromatic N) is 3. The summed E-state index contributed by atoms with van der Waals surface area (Å²) in [5.41, 5.74) is 2.49. The molecule has 1 fully saturated rings. The number of ether oxygens (including phenoxy) is 1. The molecule has 2 aliphatic heterocycles. The molecule has 4 rings (SSSR count). The first-order valence-electron chi connectivity index (χ1n) is 10.7. The van der Waals surface area contributed by atoms with Crippen LogP contribution in [0.5, 0.6) is 0 Å². The standard InChI is InChI=1S/C22H27N3O6S2/c1-32(27,28)25(17-22(26)23-11-10-18-4-2-3-5-19(18)16-23)20-6-8-21(9-7-20)33(29,30)24-12-14-31-15-13-24/h2-9H,10-17H2,1H3. The Labute approximate surface area is 194 Å². The van der Waals surface area contributed by atoms with Gasteiger partial charge in [0.25, 0.3) is 0 Å². The summed E-state index contributed by atoms with van der Waals surface area (Å²) in [6.07, 6.45) is 1.75. The van der Waals surface area contributed by atoms with Crippen LogP contribution in [0.15, 0.2) is 53.4 Å². The minimum atomic E-state index is -3.77. The minimum Gasteiger partial charge on any atom is -0.379 e. The Morgan fingerprint density at radius 3 is 2.21 bits per heavy atom. The van der Waals surface area contributed by atoms with Crippen molar-refractivity contribution in [2.75, 3.05) is 50.0 Å². The molecule has 33 heavy (non-hydrogen) atoms. The van der Waals surface area contributed by atoms with E-state index in [1.807, 2.05) is 24.3 Å². The number of amides is 1. The molecule has 0 bridgehead atoms. The van der Waals surface area contributed by atoms with Crippen LogP contribution in [0.2, 0.25) is 0 Å². The highest BCUT2D eigenvalue weighted by Gasteiger charge is 2.29. The molecule has 2 aliphatic rings. The summed E-state index contributed by atoms with van der Waals surface area (Å²) in [5.74, 6) is -0.306. The lowest BCUT2D eigenvalue weighted by Crippen LogP contribution is -2.44. The number of rotatable bonds is 6. The lowest BCUT2D eigenvalue weighted by Gasteiger charge is -2.31. The molecule has 0 saturated carbocycles. The van der Waals surface area contributed by atoms with Crippen molar-refractivity contribution in [1.29, 1.82) is 0 Å². The van der Waals surface area contributed by atoms with Crippen LogP contribution in [0.25, 0.3) is 0 Å². The first-order chi connectivity index (χ1) is 15.7. The second kappa shape index (κ2) is 9.41. The summed E-state index contributed by atoms with van der Waals surface area (Å²) in [5, 5.41) is 0. The Hall–Kier alpha value is -2.47. The van der Waals surface area contributed by atoms with Crippen molar-refractivity contribution in [3.63, 3.8) is 0 Å². The van der Waals surface area contributed by atoms with Gasteiger partial charge < -0.3 is 9.64 Å². The maximum absolute atomic E-state index is 13.0. The van der Waals surface area contributed by atoms with Gasteiger partial charge in [0.1, 0.15) is 6.54 Å². The maximum Gasteiger partial charge on any atom is 0.243 e. The van der Waals surface area contributed by atoms with Gasteiger partial charge in [0, 0.05) is 26.2 Å². The number of sulfonamides is 2. The van der Waals surface area contributed by atoms with Crippen molar-refractivity contribution in [2.45, 2.75) is 17.9 Å². The number of fused-ring (bicyclic) bond motifs is 1. The molecule has 0 aliphatic carbocycles. The monoisotopic (exact) mass is 493 g/mol. The molecule has 0 radical (unpaired) electrons. The number of benzene rings is 2. The number of morpholine rings is 1. The predicted molar refractivity (Wildman–Crippen MR) is 124 cm³/mol. The third-order valence-corrected chi connectivity index (χ3v) is 8.95. The number of hydrogen-bond donors (Lipinski definition) is 0. The molecular weight excluding hydrogens is 466 g/mol. The minimum absolute atomic E-state index is 0.0700. The number of carbonyl (C=O) groups is 1. The lowest BCUT2D eigenvalue weighted by atomic mass is 10.00. The van der Waals surface area contributed by atoms with E-state index < -0.39 is 20.0 Å². The molecule has 0 unspecified atom stereocenters. The molecule has 1 saturated heterocycles. The molecule has 2 heterocycles. The molecular formula is C22H27N3O6S2. The van der Waals surface area contributed by atoms with E-state index in [0.717, 1.165) is 22.5 Å². The second-order valence-electron chi connectivity index (χ2n) is 8.11. The van der Waals surface area contributed by atoms with Crippen LogP contribution in [-0.2, 0) is 42.5 Å². The first kappa shape index (κ1) is 23.7. The Morgan fingerprint density at radius 2 is 1.58 bits per heavy atom. The summed E-state index contributed by atoms with van der Waals surface area (Å²) in [7, 11) is -7.47. The quantitative estimate of drug-likeness (QED) is 0.596. The fourth-order valence-corrected chi connectivity index (χ4v) is 6.31. The first-order valence-corrected chi connectivity index (χ1v) is 14.0. The van der Waals surface area contributed by atoms with Crippen molar-refractivity contribution in [3.8, 4) is 0 Å². The van der Waals surface area contributed by atoms with Gasteiger partial charge in [-0.2, -0.15) is 4.31 Å². The number of carbonyl (C=O) groups excluding carboxylic acids is 1. The van der Waals surface area contributed by atoms with Gasteiger partial charge >= 0.3 is 0 Å². The van der Waals surface area contributed by atoms with Crippen molar-refractivity contribution in [2.24, 2.45) is 0 Å². The van der Waals surface area contributed by atoms with Gasteiger partial charge in [-0.1, -0.05) is 24.3 Å². The average Bonchev–Trinajstić information content (AvgIpc) is 2.82. The van der Waals surface area contributed by atoms with Gasteiger partial charge in [-0.05, 0) is 41.8 Å². The van der Waals surface area contributed by atoms with Crippen molar-refractivity contribution >= 4 is 31.6 Å². The highest BCUT2D eigenvalue weighted by atomic mass is 32.2. The van der Waals surface area contributed by atoms with E-state index in [1.165, 1.54) is 34.1 Å². The SMILES string of the molecule is CS(=O)(=O)N(CC(=O)N1CCc2ccccc2C1)c1ccc(S(=O)(=O)N2CCOCC2)cc1. The summed E-state index contributed by atoms with van der Waals surface area (Å²) in [4.78, 5) is 14.7. The molecule has 2 aromatic carbocycles. The Morgan fingerprint density at radius 1 is 0.939 bits per heavy atom. The van der Waals surface area contributed by atoms with Crippen LogP contribution in [-0.4, -0.2) is 77.6 Å². The van der Waals surface area contributed by atoms with E-state index in [4.69, 9.17) is 4.74 Å². The predicted octanol–water partition coefficient (Wildman–Crippen LogP) is 1.06. The molecule has 2 aromatic rings. The fourth-order valence-electron chi connectivity index (χ4n) is 4.05. The molecule has 0 atom stereocenters. The van der Waals surface area contributed by atoms with Crippen LogP contribution in [0.3, 0.4) is 0 Å².